The summed E-state index contributed by atoms with van der Waals surface area (Å²) >= 11 is 0. The number of hydrogen-bond acceptors (Lipinski definition) is 4. The van der Waals surface area contributed by atoms with Gasteiger partial charge in [0.25, 0.3) is 5.91 Å². The van der Waals surface area contributed by atoms with E-state index in [1.807, 2.05) is 6.92 Å². The predicted octanol–water partition coefficient (Wildman–Crippen LogP) is -1.15. The number of carbonyl (C=O) groups excluding carboxylic acids is 1. The summed E-state index contributed by atoms with van der Waals surface area (Å²) in [7, 11) is 1.43. The summed E-state index contributed by atoms with van der Waals surface area (Å²) in [6.07, 6.45) is 0.0593. The van der Waals surface area contributed by atoms with Gasteiger partial charge in [-0.1, -0.05) is 6.92 Å². The molecular weight excluding hydrogens is 172 g/mol. The van der Waals surface area contributed by atoms with Crippen LogP contribution in [0.5, 0.6) is 0 Å². The van der Waals surface area contributed by atoms with Crippen molar-refractivity contribution in [1.82, 2.24) is 5.32 Å². The van der Waals surface area contributed by atoms with Gasteiger partial charge in [0.05, 0.1) is 12.6 Å². The molecule has 0 saturated heterocycles. The van der Waals surface area contributed by atoms with Crippen molar-refractivity contribution in [3.05, 3.63) is 0 Å². The molecule has 0 aromatic heterocycles. The summed E-state index contributed by atoms with van der Waals surface area (Å²) < 4.78 is 4.83. The Morgan fingerprint density at radius 1 is 1.69 bits per heavy atom. The molecule has 2 atom stereocenters. The number of aliphatic hydroxyl groups excluding tert-OH is 1. The van der Waals surface area contributed by atoms with E-state index in [2.05, 4.69) is 5.32 Å². The van der Waals surface area contributed by atoms with Crippen LogP contribution in [0.4, 0.5) is 0 Å². The molecule has 0 radical (unpaired) electrons. The Labute approximate surface area is 78.3 Å². The van der Waals surface area contributed by atoms with E-state index in [-0.39, 0.29) is 25.1 Å². The van der Waals surface area contributed by atoms with Gasteiger partial charge in [-0.2, -0.15) is 0 Å². The van der Waals surface area contributed by atoms with Crippen LogP contribution in [0.1, 0.15) is 13.3 Å². The molecule has 78 valence electrons. The Hall–Kier alpha value is -0.650. The number of hydrogen-bond donors (Lipinski definition) is 3. The molecule has 0 fully saturated rings. The molecule has 0 aliphatic heterocycles. The van der Waals surface area contributed by atoms with Gasteiger partial charge in [-0.05, 0) is 6.42 Å². The lowest BCUT2D eigenvalue weighted by molar-refractivity contribution is -0.131. The summed E-state index contributed by atoms with van der Waals surface area (Å²) in [5, 5.41) is 11.4. The molecule has 0 spiro atoms. The van der Waals surface area contributed by atoms with E-state index in [4.69, 9.17) is 15.6 Å². The van der Waals surface area contributed by atoms with Gasteiger partial charge in [-0.15, -0.1) is 0 Å². The van der Waals surface area contributed by atoms with Crippen LogP contribution in [0.15, 0.2) is 0 Å². The van der Waals surface area contributed by atoms with Crippen LogP contribution in [0, 0.1) is 0 Å². The number of nitrogens with two attached hydrogens (primary N) is 1. The van der Waals surface area contributed by atoms with Crippen LogP contribution in [0.2, 0.25) is 0 Å². The van der Waals surface area contributed by atoms with Crippen molar-refractivity contribution in [2.45, 2.75) is 25.5 Å². The number of ether oxygens (including phenoxy) is 1. The lowest BCUT2D eigenvalue weighted by Gasteiger charge is -2.18. The predicted molar refractivity (Wildman–Crippen MR) is 49.2 cm³/mol. The minimum Gasteiger partial charge on any atom is -0.394 e. The normalized spacial score (nSPS) is 15.1. The largest absolute Gasteiger partial charge is 0.394 e. The monoisotopic (exact) mass is 190 g/mol. The molecule has 5 heteroatoms. The molecule has 0 aliphatic rings. The maximum absolute atomic E-state index is 11.3. The van der Waals surface area contributed by atoms with Crippen LogP contribution in [-0.4, -0.2) is 43.4 Å². The van der Waals surface area contributed by atoms with E-state index < -0.39 is 6.10 Å². The van der Waals surface area contributed by atoms with Gasteiger partial charge in [-0.3, -0.25) is 4.79 Å². The summed E-state index contributed by atoms with van der Waals surface area (Å²) in [5.74, 6) is -0.272. The van der Waals surface area contributed by atoms with Crippen molar-refractivity contribution in [2.75, 3.05) is 20.3 Å². The molecule has 0 bridgehead atoms. The van der Waals surface area contributed by atoms with Crippen LogP contribution >= 0.6 is 0 Å². The fourth-order valence-corrected chi connectivity index (χ4v) is 0.881. The zero-order valence-electron chi connectivity index (χ0n) is 8.12. The van der Waals surface area contributed by atoms with Crippen molar-refractivity contribution in [3.63, 3.8) is 0 Å². The van der Waals surface area contributed by atoms with E-state index in [1.54, 1.807) is 0 Å². The van der Waals surface area contributed by atoms with Gasteiger partial charge >= 0.3 is 0 Å². The molecular formula is C8H18N2O3. The van der Waals surface area contributed by atoms with Crippen molar-refractivity contribution < 1.29 is 14.6 Å². The minimum absolute atomic E-state index is 0.0662. The summed E-state index contributed by atoms with van der Waals surface area (Å²) in [5.41, 5.74) is 5.29. The van der Waals surface area contributed by atoms with Crippen molar-refractivity contribution >= 4 is 5.91 Å². The van der Waals surface area contributed by atoms with Crippen LogP contribution in [-0.2, 0) is 9.53 Å². The molecule has 0 aliphatic carbocycles. The standard InChI is InChI=1S/C8H18N2O3/c1-3-6(5-11)10-8(12)7(4-9)13-2/h6-7,11H,3-5,9H2,1-2H3,(H,10,12). The molecule has 1 amide bonds. The average molecular weight is 190 g/mol. The van der Waals surface area contributed by atoms with Gasteiger partial charge in [-0.25, -0.2) is 0 Å². The lowest BCUT2D eigenvalue weighted by Crippen LogP contribution is -2.46. The highest BCUT2D eigenvalue weighted by molar-refractivity contribution is 5.81. The number of nitrogens with one attached hydrogen (secondary N) is 1. The van der Waals surface area contributed by atoms with Gasteiger partial charge in [0.1, 0.15) is 6.10 Å². The van der Waals surface area contributed by atoms with Gasteiger partial charge in [0.15, 0.2) is 0 Å². The Morgan fingerprint density at radius 3 is 2.62 bits per heavy atom. The second-order valence-electron chi connectivity index (χ2n) is 2.76. The summed E-state index contributed by atoms with van der Waals surface area (Å²) in [6.45, 7) is 1.96. The zero-order valence-corrected chi connectivity index (χ0v) is 8.12. The van der Waals surface area contributed by atoms with Crippen molar-refractivity contribution in [3.8, 4) is 0 Å². The summed E-state index contributed by atoms with van der Waals surface area (Å²) in [6, 6.07) is -0.211. The zero-order chi connectivity index (χ0) is 10.3. The van der Waals surface area contributed by atoms with Gasteiger partial charge in [0, 0.05) is 13.7 Å². The highest BCUT2D eigenvalue weighted by Crippen LogP contribution is 1.92. The first-order chi connectivity index (χ1) is 6.19. The van der Waals surface area contributed by atoms with Crippen LogP contribution in [0.25, 0.3) is 0 Å². The van der Waals surface area contributed by atoms with Crippen molar-refractivity contribution in [2.24, 2.45) is 5.73 Å². The molecule has 0 aromatic carbocycles. The van der Waals surface area contributed by atoms with Gasteiger partial charge in [0.2, 0.25) is 0 Å². The third kappa shape index (κ3) is 4.21. The molecule has 13 heavy (non-hydrogen) atoms. The first kappa shape index (κ1) is 12.3. The number of carbonyl (C=O) groups is 1. The lowest BCUT2D eigenvalue weighted by atomic mass is 10.2. The molecule has 0 aromatic rings. The van der Waals surface area contributed by atoms with E-state index in [9.17, 15) is 4.79 Å². The number of amides is 1. The first-order valence-corrected chi connectivity index (χ1v) is 4.33. The maximum Gasteiger partial charge on any atom is 0.250 e. The Bertz CT molecular complexity index is 144. The quantitative estimate of drug-likeness (QED) is 0.493. The third-order valence-electron chi connectivity index (χ3n) is 1.85. The molecule has 0 saturated carbocycles. The van der Waals surface area contributed by atoms with E-state index in [1.165, 1.54) is 7.11 Å². The third-order valence-corrected chi connectivity index (χ3v) is 1.85. The molecule has 4 N–H and O–H groups in total. The first-order valence-electron chi connectivity index (χ1n) is 4.33. The van der Waals surface area contributed by atoms with Crippen molar-refractivity contribution in [1.29, 1.82) is 0 Å². The molecule has 2 unspecified atom stereocenters. The smallest absolute Gasteiger partial charge is 0.250 e. The number of methoxy groups -OCH3 is 1. The summed E-state index contributed by atoms with van der Waals surface area (Å²) in [4.78, 5) is 11.3. The highest BCUT2D eigenvalue weighted by atomic mass is 16.5. The molecule has 0 heterocycles. The number of rotatable bonds is 6. The average Bonchev–Trinajstić information content (AvgIpc) is 2.16. The minimum atomic E-state index is -0.624. The Morgan fingerprint density at radius 2 is 2.31 bits per heavy atom. The second-order valence-corrected chi connectivity index (χ2v) is 2.76. The SMILES string of the molecule is CCC(CO)NC(=O)C(CN)OC. The van der Waals surface area contributed by atoms with Crippen LogP contribution < -0.4 is 11.1 Å². The highest BCUT2D eigenvalue weighted by Gasteiger charge is 2.18. The second kappa shape index (κ2) is 6.82. The van der Waals surface area contributed by atoms with E-state index in [0.29, 0.717) is 6.42 Å². The van der Waals surface area contributed by atoms with Gasteiger partial charge < -0.3 is 20.9 Å². The molecule has 5 nitrogen and oxygen atoms in total. The number of aliphatic hydroxyl groups is 1. The Balaban J connectivity index is 3.95. The molecule has 0 rings (SSSR count). The topological polar surface area (TPSA) is 84.6 Å². The fraction of sp³-hybridized carbons (Fsp3) is 0.875. The van der Waals surface area contributed by atoms with E-state index in [0.717, 1.165) is 0 Å². The van der Waals surface area contributed by atoms with E-state index >= 15 is 0 Å². The maximum atomic E-state index is 11.3. The van der Waals surface area contributed by atoms with Crippen LogP contribution in [0.3, 0.4) is 0 Å². The fourth-order valence-electron chi connectivity index (χ4n) is 0.881. The Kier molecular flexibility index (Phi) is 6.48.